The number of benzene rings is 2. The number of alkyl halides is 3. The van der Waals surface area contributed by atoms with E-state index in [0.29, 0.717) is 17.4 Å². The normalized spacial score (nSPS) is 12.4. The van der Waals surface area contributed by atoms with Gasteiger partial charge in [0.15, 0.2) is 5.11 Å². The van der Waals surface area contributed by atoms with Gasteiger partial charge in [0.05, 0.1) is 11.6 Å². The molecular formula is C19H21F3N2OS. The highest BCUT2D eigenvalue weighted by Crippen LogP contribution is 2.29. The number of ether oxygens (including phenoxy) is 1. The van der Waals surface area contributed by atoms with Crippen LogP contribution in [0.2, 0.25) is 0 Å². The van der Waals surface area contributed by atoms with Crippen LogP contribution in [-0.2, 0) is 6.18 Å². The summed E-state index contributed by atoms with van der Waals surface area (Å²) in [6, 6.07) is 10.5. The molecule has 7 heteroatoms. The SMILES string of the molecule is Cc1ccc(OC[C@@H](C)NC(=S)Nc2ccc(C(F)(F)F)cc2)cc1C. The van der Waals surface area contributed by atoms with Crippen molar-refractivity contribution in [3.05, 3.63) is 59.2 Å². The molecule has 0 saturated carbocycles. The van der Waals surface area contributed by atoms with E-state index >= 15 is 0 Å². The molecule has 2 N–H and O–H groups in total. The Hall–Kier alpha value is -2.28. The van der Waals surface area contributed by atoms with Crippen molar-refractivity contribution in [1.82, 2.24) is 5.32 Å². The van der Waals surface area contributed by atoms with Crippen LogP contribution >= 0.6 is 12.2 Å². The molecule has 0 aliphatic heterocycles. The Morgan fingerprint density at radius 3 is 2.31 bits per heavy atom. The van der Waals surface area contributed by atoms with Gasteiger partial charge in [0.25, 0.3) is 0 Å². The second kappa shape index (κ2) is 8.40. The molecule has 140 valence electrons. The molecule has 0 saturated heterocycles. The first-order valence-corrected chi connectivity index (χ1v) is 8.51. The molecule has 0 radical (unpaired) electrons. The summed E-state index contributed by atoms with van der Waals surface area (Å²) >= 11 is 5.19. The Kier molecular flexibility index (Phi) is 6.47. The number of halogens is 3. The minimum Gasteiger partial charge on any atom is -0.491 e. The minimum absolute atomic E-state index is 0.0777. The van der Waals surface area contributed by atoms with Crippen LogP contribution in [0.1, 0.15) is 23.6 Å². The maximum absolute atomic E-state index is 12.6. The van der Waals surface area contributed by atoms with E-state index in [1.54, 1.807) is 0 Å². The molecule has 0 heterocycles. The van der Waals surface area contributed by atoms with E-state index in [0.717, 1.165) is 23.4 Å². The largest absolute Gasteiger partial charge is 0.491 e. The highest BCUT2D eigenvalue weighted by Gasteiger charge is 2.29. The molecule has 0 aliphatic carbocycles. The van der Waals surface area contributed by atoms with Crippen LogP contribution in [0.25, 0.3) is 0 Å². The van der Waals surface area contributed by atoms with Gasteiger partial charge in [-0.25, -0.2) is 0 Å². The zero-order valence-electron chi connectivity index (χ0n) is 14.8. The number of nitrogens with one attached hydrogen (secondary N) is 2. The number of thiocarbonyl (C=S) groups is 1. The lowest BCUT2D eigenvalue weighted by Gasteiger charge is -2.18. The van der Waals surface area contributed by atoms with E-state index < -0.39 is 11.7 Å². The van der Waals surface area contributed by atoms with Gasteiger partial charge >= 0.3 is 6.18 Å². The Labute approximate surface area is 156 Å². The van der Waals surface area contributed by atoms with Gasteiger partial charge in [0.2, 0.25) is 0 Å². The van der Waals surface area contributed by atoms with Gasteiger partial charge in [-0.15, -0.1) is 0 Å². The zero-order valence-corrected chi connectivity index (χ0v) is 15.6. The summed E-state index contributed by atoms with van der Waals surface area (Å²) in [6.07, 6.45) is -4.35. The maximum Gasteiger partial charge on any atom is 0.416 e. The van der Waals surface area contributed by atoms with Crippen molar-refractivity contribution in [3.8, 4) is 5.75 Å². The second-order valence-electron chi connectivity index (χ2n) is 6.13. The van der Waals surface area contributed by atoms with Crippen LogP contribution in [0.15, 0.2) is 42.5 Å². The van der Waals surface area contributed by atoms with Crippen molar-refractivity contribution < 1.29 is 17.9 Å². The minimum atomic E-state index is -4.35. The molecule has 2 aromatic carbocycles. The van der Waals surface area contributed by atoms with Crippen LogP contribution in [0.3, 0.4) is 0 Å². The first kappa shape index (κ1) is 20.0. The summed E-state index contributed by atoms with van der Waals surface area (Å²) in [5, 5.41) is 6.23. The number of hydrogen-bond acceptors (Lipinski definition) is 2. The third kappa shape index (κ3) is 5.91. The predicted molar refractivity (Wildman–Crippen MR) is 102 cm³/mol. The third-order valence-electron chi connectivity index (χ3n) is 3.83. The van der Waals surface area contributed by atoms with Crippen LogP contribution in [-0.4, -0.2) is 17.8 Å². The molecule has 2 aromatic rings. The van der Waals surface area contributed by atoms with Gasteiger partial charge < -0.3 is 15.4 Å². The smallest absolute Gasteiger partial charge is 0.416 e. The van der Waals surface area contributed by atoms with Crippen LogP contribution in [0, 0.1) is 13.8 Å². The molecule has 26 heavy (non-hydrogen) atoms. The number of aryl methyl sites for hydroxylation is 2. The first-order valence-electron chi connectivity index (χ1n) is 8.10. The molecule has 0 aromatic heterocycles. The average molecular weight is 382 g/mol. The standard InChI is InChI=1S/C19H21F3N2OS/c1-12-4-9-17(10-13(12)2)25-11-14(3)23-18(26)24-16-7-5-15(6-8-16)19(20,21)22/h4-10,14H,11H2,1-3H3,(H2,23,24,26)/t14-/m1/s1. The first-order chi connectivity index (χ1) is 12.1. The summed E-state index contributed by atoms with van der Waals surface area (Å²) in [4.78, 5) is 0. The fourth-order valence-corrected chi connectivity index (χ4v) is 2.52. The summed E-state index contributed by atoms with van der Waals surface area (Å²) in [5.41, 5.74) is 2.14. The molecule has 0 aliphatic rings. The van der Waals surface area contributed by atoms with Gasteiger partial charge in [-0.2, -0.15) is 13.2 Å². The molecule has 0 amide bonds. The summed E-state index contributed by atoms with van der Waals surface area (Å²) in [7, 11) is 0. The van der Waals surface area contributed by atoms with Crippen LogP contribution < -0.4 is 15.4 Å². The fourth-order valence-electron chi connectivity index (χ4n) is 2.20. The van der Waals surface area contributed by atoms with Gasteiger partial charge in [-0.05, 0) is 80.5 Å². The van der Waals surface area contributed by atoms with Crippen molar-refractivity contribution in [1.29, 1.82) is 0 Å². The quantitative estimate of drug-likeness (QED) is 0.707. The van der Waals surface area contributed by atoms with Crippen molar-refractivity contribution in [3.63, 3.8) is 0 Å². The lowest BCUT2D eigenvalue weighted by Crippen LogP contribution is -2.39. The Balaban J connectivity index is 1.82. The van der Waals surface area contributed by atoms with Crippen molar-refractivity contribution in [2.45, 2.75) is 33.0 Å². The highest BCUT2D eigenvalue weighted by molar-refractivity contribution is 7.80. The predicted octanol–water partition coefficient (Wildman–Crippen LogP) is 5.08. The molecule has 0 unspecified atom stereocenters. The van der Waals surface area contributed by atoms with Crippen molar-refractivity contribution >= 4 is 23.0 Å². The van der Waals surface area contributed by atoms with E-state index in [9.17, 15) is 13.2 Å². The Morgan fingerprint density at radius 1 is 1.08 bits per heavy atom. The summed E-state index contributed by atoms with van der Waals surface area (Å²) < 4.78 is 43.4. The van der Waals surface area contributed by atoms with E-state index in [1.165, 1.54) is 17.7 Å². The van der Waals surface area contributed by atoms with Crippen molar-refractivity contribution in [2.75, 3.05) is 11.9 Å². The molecule has 3 nitrogen and oxygen atoms in total. The lowest BCUT2D eigenvalue weighted by molar-refractivity contribution is -0.137. The number of rotatable bonds is 5. The molecule has 0 fully saturated rings. The summed E-state index contributed by atoms with van der Waals surface area (Å²) in [5.74, 6) is 0.781. The molecule has 0 bridgehead atoms. The Bertz CT molecular complexity index is 760. The van der Waals surface area contributed by atoms with E-state index in [4.69, 9.17) is 17.0 Å². The highest BCUT2D eigenvalue weighted by atomic mass is 32.1. The number of anilines is 1. The lowest BCUT2D eigenvalue weighted by atomic mass is 10.1. The average Bonchev–Trinajstić information content (AvgIpc) is 2.55. The molecular weight excluding hydrogens is 361 g/mol. The Morgan fingerprint density at radius 2 is 1.73 bits per heavy atom. The van der Waals surface area contributed by atoms with Gasteiger partial charge in [0, 0.05) is 5.69 Å². The van der Waals surface area contributed by atoms with Gasteiger partial charge in [-0.1, -0.05) is 6.07 Å². The summed E-state index contributed by atoms with van der Waals surface area (Å²) in [6.45, 7) is 6.36. The molecule has 0 spiro atoms. The second-order valence-corrected chi connectivity index (χ2v) is 6.54. The molecule has 2 rings (SSSR count). The van der Waals surface area contributed by atoms with E-state index in [-0.39, 0.29) is 6.04 Å². The van der Waals surface area contributed by atoms with Crippen molar-refractivity contribution in [2.24, 2.45) is 0 Å². The van der Waals surface area contributed by atoms with Gasteiger partial charge in [-0.3, -0.25) is 0 Å². The van der Waals surface area contributed by atoms with Gasteiger partial charge in [0.1, 0.15) is 12.4 Å². The van der Waals surface area contributed by atoms with E-state index in [1.807, 2.05) is 39.0 Å². The zero-order chi connectivity index (χ0) is 19.3. The topological polar surface area (TPSA) is 33.3 Å². The third-order valence-corrected chi connectivity index (χ3v) is 4.05. The van der Waals surface area contributed by atoms with Crippen LogP contribution in [0.5, 0.6) is 5.75 Å². The fraction of sp³-hybridized carbons (Fsp3) is 0.316. The molecule has 1 atom stereocenters. The monoisotopic (exact) mass is 382 g/mol. The maximum atomic E-state index is 12.6. The van der Waals surface area contributed by atoms with E-state index in [2.05, 4.69) is 10.6 Å². The number of hydrogen-bond donors (Lipinski definition) is 2. The van der Waals surface area contributed by atoms with Crippen LogP contribution in [0.4, 0.5) is 18.9 Å².